The zero-order valence-corrected chi connectivity index (χ0v) is 14.6. The highest BCUT2D eigenvalue weighted by Gasteiger charge is 2.16. The van der Waals surface area contributed by atoms with Crippen LogP contribution in [0.3, 0.4) is 0 Å². The third-order valence-corrected chi connectivity index (χ3v) is 4.06. The van der Waals surface area contributed by atoms with Crippen molar-refractivity contribution in [2.75, 3.05) is 19.5 Å². The van der Waals surface area contributed by atoms with Crippen LogP contribution in [-0.2, 0) is 18.3 Å². The van der Waals surface area contributed by atoms with Crippen LogP contribution in [0.4, 0.5) is 5.69 Å². The van der Waals surface area contributed by atoms with E-state index < -0.39 is 0 Å². The second-order valence-corrected chi connectivity index (χ2v) is 5.59. The minimum atomic E-state index is -0.168. The highest BCUT2D eigenvalue weighted by molar-refractivity contribution is 6.34. The molecule has 124 valence electrons. The number of carbonyl (C=O) groups is 1. The summed E-state index contributed by atoms with van der Waals surface area (Å²) in [5, 5.41) is 7.50. The van der Waals surface area contributed by atoms with Crippen molar-refractivity contribution in [1.82, 2.24) is 9.78 Å². The van der Waals surface area contributed by atoms with Crippen LogP contribution >= 0.6 is 11.6 Å². The second kappa shape index (κ2) is 6.91. The molecule has 0 aliphatic carbocycles. The molecule has 0 saturated heterocycles. The molecule has 0 unspecified atom stereocenters. The van der Waals surface area contributed by atoms with Gasteiger partial charge in [-0.2, -0.15) is 5.10 Å². The SMILES string of the molecule is COc1cc(Cl)c(NC(=O)Cc2c(C)nn(C)c2C)cc1OC. The van der Waals surface area contributed by atoms with Crippen molar-refractivity contribution in [3.05, 3.63) is 34.1 Å². The molecule has 0 spiro atoms. The Kier molecular flexibility index (Phi) is 5.15. The zero-order valence-electron chi connectivity index (χ0n) is 13.9. The van der Waals surface area contributed by atoms with E-state index in [1.54, 1.807) is 16.8 Å². The van der Waals surface area contributed by atoms with E-state index in [4.69, 9.17) is 21.1 Å². The molecule has 0 atom stereocenters. The number of methoxy groups -OCH3 is 2. The Balaban J connectivity index is 2.20. The number of carbonyl (C=O) groups excluding carboxylic acids is 1. The summed E-state index contributed by atoms with van der Waals surface area (Å²) in [6.45, 7) is 3.82. The fourth-order valence-corrected chi connectivity index (χ4v) is 2.58. The van der Waals surface area contributed by atoms with Crippen molar-refractivity contribution in [1.29, 1.82) is 0 Å². The monoisotopic (exact) mass is 337 g/mol. The lowest BCUT2D eigenvalue weighted by molar-refractivity contribution is -0.115. The summed E-state index contributed by atoms with van der Waals surface area (Å²) < 4.78 is 12.2. The summed E-state index contributed by atoms with van der Waals surface area (Å²) in [4.78, 5) is 12.3. The summed E-state index contributed by atoms with van der Waals surface area (Å²) in [6, 6.07) is 3.25. The predicted molar refractivity (Wildman–Crippen MR) is 89.6 cm³/mol. The normalized spacial score (nSPS) is 10.5. The number of nitrogens with zero attached hydrogens (tertiary/aromatic N) is 2. The number of rotatable bonds is 5. The van der Waals surface area contributed by atoms with Gasteiger partial charge in [0.05, 0.1) is 37.0 Å². The smallest absolute Gasteiger partial charge is 0.228 e. The number of ether oxygens (including phenoxy) is 2. The van der Waals surface area contributed by atoms with Crippen molar-refractivity contribution in [2.24, 2.45) is 7.05 Å². The Morgan fingerprint density at radius 3 is 2.39 bits per heavy atom. The first-order valence-corrected chi connectivity index (χ1v) is 7.45. The first-order chi connectivity index (χ1) is 10.9. The lowest BCUT2D eigenvalue weighted by Gasteiger charge is -2.12. The Morgan fingerprint density at radius 2 is 1.87 bits per heavy atom. The van der Waals surface area contributed by atoms with Crippen molar-refractivity contribution in [3.63, 3.8) is 0 Å². The quantitative estimate of drug-likeness (QED) is 0.911. The van der Waals surface area contributed by atoms with Crippen LogP contribution < -0.4 is 14.8 Å². The molecular formula is C16H20ClN3O3. The first kappa shape index (κ1) is 17.1. The van der Waals surface area contributed by atoms with Gasteiger partial charge in [0.25, 0.3) is 0 Å². The van der Waals surface area contributed by atoms with Crippen LogP contribution in [0.2, 0.25) is 5.02 Å². The van der Waals surface area contributed by atoms with Crippen molar-refractivity contribution in [3.8, 4) is 11.5 Å². The number of hydrogen-bond donors (Lipinski definition) is 1. The maximum Gasteiger partial charge on any atom is 0.228 e. The maximum atomic E-state index is 12.3. The third kappa shape index (κ3) is 3.59. The van der Waals surface area contributed by atoms with Gasteiger partial charge in [0, 0.05) is 30.4 Å². The summed E-state index contributed by atoms with van der Waals surface area (Å²) >= 11 is 6.18. The fourth-order valence-electron chi connectivity index (χ4n) is 2.38. The van der Waals surface area contributed by atoms with Gasteiger partial charge >= 0.3 is 0 Å². The van der Waals surface area contributed by atoms with Crippen LogP contribution in [-0.4, -0.2) is 29.9 Å². The molecular weight excluding hydrogens is 318 g/mol. The molecule has 2 aromatic rings. The van der Waals surface area contributed by atoms with Gasteiger partial charge < -0.3 is 14.8 Å². The fraction of sp³-hybridized carbons (Fsp3) is 0.375. The average Bonchev–Trinajstić information content (AvgIpc) is 2.75. The number of aromatic nitrogens is 2. The zero-order chi connectivity index (χ0) is 17.1. The Hall–Kier alpha value is -2.21. The van der Waals surface area contributed by atoms with E-state index in [0.29, 0.717) is 22.2 Å². The highest BCUT2D eigenvalue weighted by atomic mass is 35.5. The summed E-state index contributed by atoms with van der Waals surface area (Å²) in [7, 11) is 4.91. The van der Waals surface area contributed by atoms with Gasteiger partial charge in [0.2, 0.25) is 5.91 Å². The van der Waals surface area contributed by atoms with E-state index in [-0.39, 0.29) is 12.3 Å². The second-order valence-electron chi connectivity index (χ2n) is 5.18. The van der Waals surface area contributed by atoms with E-state index in [2.05, 4.69) is 10.4 Å². The van der Waals surface area contributed by atoms with Crippen LogP contribution in [0.15, 0.2) is 12.1 Å². The number of aryl methyl sites for hydroxylation is 2. The largest absolute Gasteiger partial charge is 0.493 e. The maximum absolute atomic E-state index is 12.3. The summed E-state index contributed by atoms with van der Waals surface area (Å²) in [5.41, 5.74) is 3.21. The average molecular weight is 338 g/mol. The van der Waals surface area contributed by atoms with Crippen molar-refractivity contribution < 1.29 is 14.3 Å². The Bertz CT molecular complexity index is 741. The predicted octanol–water partition coefficient (Wildman–Crippen LogP) is 2.89. The minimum absolute atomic E-state index is 0.168. The van der Waals surface area contributed by atoms with Crippen molar-refractivity contribution in [2.45, 2.75) is 20.3 Å². The molecule has 1 aromatic heterocycles. The molecule has 2 rings (SSSR count). The number of benzene rings is 1. The Morgan fingerprint density at radius 1 is 1.26 bits per heavy atom. The van der Waals surface area contributed by atoms with Crippen LogP contribution in [0.1, 0.15) is 17.0 Å². The number of hydrogen-bond acceptors (Lipinski definition) is 4. The van der Waals surface area contributed by atoms with E-state index in [1.165, 1.54) is 14.2 Å². The van der Waals surface area contributed by atoms with Gasteiger partial charge in [-0.05, 0) is 13.8 Å². The molecule has 0 aliphatic heterocycles. The molecule has 1 amide bonds. The topological polar surface area (TPSA) is 65.4 Å². The highest BCUT2D eigenvalue weighted by Crippen LogP contribution is 2.36. The van der Waals surface area contributed by atoms with Gasteiger partial charge in [-0.3, -0.25) is 9.48 Å². The third-order valence-electron chi connectivity index (χ3n) is 3.74. The lowest BCUT2D eigenvalue weighted by Crippen LogP contribution is -2.15. The molecule has 7 heteroatoms. The molecule has 0 fully saturated rings. The molecule has 0 bridgehead atoms. The molecule has 0 aliphatic rings. The number of amides is 1. The molecule has 0 radical (unpaired) electrons. The Labute approximate surface area is 140 Å². The number of nitrogens with one attached hydrogen (secondary N) is 1. The molecule has 6 nitrogen and oxygen atoms in total. The molecule has 23 heavy (non-hydrogen) atoms. The molecule has 1 N–H and O–H groups in total. The summed E-state index contributed by atoms with van der Waals surface area (Å²) in [6.07, 6.45) is 0.232. The van der Waals surface area contributed by atoms with Gasteiger partial charge in [0.1, 0.15) is 0 Å². The van der Waals surface area contributed by atoms with Gasteiger partial charge in [-0.15, -0.1) is 0 Å². The van der Waals surface area contributed by atoms with E-state index in [9.17, 15) is 4.79 Å². The van der Waals surface area contributed by atoms with Crippen LogP contribution in [0.25, 0.3) is 0 Å². The first-order valence-electron chi connectivity index (χ1n) is 7.07. The number of halogens is 1. The molecule has 1 heterocycles. The van der Waals surface area contributed by atoms with Gasteiger partial charge in [0.15, 0.2) is 11.5 Å². The van der Waals surface area contributed by atoms with Crippen LogP contribution in [0, 0.1) is 13.8 Å². The van der Waals surface area contributed by atoms with Gasteiger partial charge in [-0.25, -0.2) is 0 Å². The summed E-state index contributed by atoms with van der Waals surface area (Å²) in [5.74, 6) is 0.841. The molecule has 0 saturated carbocycles. The van der Waals surface area contributed by atoms with Crippen LogP contribution in [0.5, 0.6) is 11.5 Å². The van der Waals surface area contributed by atoms with E-state index in [0.717, 1.165) is 17.0 Å². The lowest BCUT2D eigenvalue weighted by atomic mass is 10.1. The van der Waals surface area contributed by atoms with Gasteiger partial charge in [-0.1, -0.05) is 11.6 Å². The molecule has 1 aromatic carbocycles. The van der Waals surface area contributed by atoms with E-state index >= 15 is 0 Å². The van der Waals surface area contributed by atoms with E-state index in [1.807, 2.05) is 20.9 Å². The minimum Gasteiger partial charge on any atom is -0.493 e. The van der Waals surface area contributed by atoms with Crippen molar-refractivity contribution >= 4 is 23.2 Å². The standard InChI is InChI=1S/C16H20ClN3O3/c1-9-11(10(2)20(3)19-9)6-16(21)18-13-8-15(23-5)14(22-4)7-12(13)17/h7-8H,6H2,1-5H3,(H,18,21). The number of anilines is 1.